The molecule has 0 bridgehead atoms. The maximum atomic E-state index is 13.3. The molecule has 0 spiro atoms. The lowest BCUT2D eigenvalue weighted by Gasteiger charge is -2.61. The Morgan fingerprint density at radius 3 is 2.52 bits per heavy atom. The summed E-state index contributed by atoms with van der Waals surface area (Å²) in [6.45, 7) is 14.9. The van der Waals surface area contributed by atoms with E-state index in [-0.39, 0.29) is 5.82 Å². The summed E-state index contributed by atoms with van der Waals surface area (Å²) < 4.78 is 26.8. The zero-order chi connectivity index (χ0) is 29.1. The Balaban J connectivity index is 0.952. The molecule has 1 aromatic rings. The number of hydrogen-bond donors (Lipinski definition) is 0. The topological polar surface area (TPSA) is 21.7 Å². The number of fused-ring (bicyclic) bond motifs is 7. The molecule has 6 aliphatic rings. The summed E-state index contributed by atoms with van der Waals surface area (Å²) in [4.78, 5) is 2.69. The molecule has 1 aromatic carbocycles. The van der Waals surface area contributed by atoms with Gasteiger partial charge in [0.05, 0.1) is 24.9 Å². The smallest absolute Gasteiger partial charge is 0.123 e. The van der Waals surface area contributed by atoms with Crippen LogP contribution in [0.25, 0.3) is 0 Å². The van der Waals surface area contributed by atoms with Crippen LogP contribution in [-0.2, 0) is 16.1 Å². The SMILES string of the molecule is C[C@@H](CC[C@H]1O[C@H]2C[C@H]3[C@@H]4CC[C@@H]5C[C@@H](OCc6ccc(F)cc6)CC[C@]5(C)[C@H]4CC[C@]3(C)[C@H]2[C@@H]1C)CN1CCCC1. The van der Waals surface area contributed by atoms with Crippen molar-refractivity contribution in [3.05, 3.63) is 35.6 Å². The highest BCUT2D eigenvalue weighted by Gasteiger charge is 2.65. The van der Waals surface area contributed by atoms with Crippen molar-refractivity contribution in [2.75, 3.05) is 19.6 Å². The van der Waals surface area contributed by atoms with Crippen LogP contribution in [0.15, 0.2) is 24.3 Å². The molecule has 0 unspecified atom stereocenters. The van der Waals surface area contributed by atoms with E-state index in [0.717, 1.165) is 41.1 Å². The minimum absolute atomic E-state index is 0.169. The molecule has 7 rings (SSSR count). The first kappa shape index (κ1) is 29.7. The van der Waals surface area contributed by atoms with Crippen LogP contribution in [0.5, 0.6) is 0 Å². The molecule has 0 amide bonds. The summed E-state index contributed by atoms with van der Waals surface area (Å²) in [6, 6.07) is 6.84. The highest BCUT2D eigenvalue weighted by molar-refractivity contribution is 5.16. The molecular weight excluding hydrogens is 521 g/mol. The molecule has 4 saturated carbocycles. The van der Waals surface area contributed by atoms with E-state index in [9.17, 15) is 4.39 Å². The molecular formula is C38H58FNO2. The zero-order valence-corrected chi connectivity index (χ0v) is 27.0. The Morgan fingerprint density at radius 1 is 0.976 bits per heavy atom. The van der Waals surface area contributed by atoms with Crippen molar-refractivity contribution in [1.82, 2.24) is 4.90 Å². The van der Waals surface area contributed by atoms with Gasteiger partial charge in [-0.05, 0) is 160 Å². The van der Waals surface area contributed by atoms with Crippen LogP contribution in [0.4, 0.5) is 4.39 Å². The van der Waals surface area contributed by atoms with Gasteiger partial charge in [-0.1, -0.05) is 39.8 Å². The van der Waals surface area contributed by atoms with E-state index >= 15 is 0 Å². The van der Waals surface area contributed by atoms with Gasteiger partial charge in [-0.15, -0.1) is 0 Å². The van der Waals surface area contributed by atoms with Gasteiger partial charge in [-0.2, -0.15) is 0 Å². The number of nitrogens with zero attached hydrogens (tertiary/aromatic N) is 1. The van der Waals surface area contributed by atoms with Crippen molar-refractivity contribution in [2.24, 2.45) is 52.3 Å². The van der Waals surface area contributed by atoms with Gasteiger partial charge in [0.15, 0.2) is 0 Å². The highest BCUT2D eigenvalue weighted by atomic mass is 19.1. The Morgan fingerprint density at radius 2 is 1.74 bits per heavy atom. The fraction of sp³-hybridized carbons (Fsp3) is 0.842. The lowest BCUT2D eigenvalue weighted by Crippen LogP contribution is -2.54. The second-order valence-electron chi connectivity index (χ2n) is 16.6. The second kappa shape index (κ2) is 11.8. The van der Waals surface area contributed by atoms with E-state index in [1.165, 1.54) is 96.7 Å². The van der Waals surface area contributed by atoms with Crippen molar-refractivity contribution < 1.29 is 13.9 Å². The van der Waals surface area contributed by atoms with Gasteiger partial charge < -0.3 is 14.4 Å². The molecule has 234 valence electrons. The van der Waals surface area contributed by atoms with E-state index in [0.29, 0.717) is 41.7 Å². The Kier molecular flexibility index (Phi) is 8.32. The van der Waals surface area contributed by atoms with Crippen LogP contribution in [0.1, 0.15) is 110 Å². The lowest BCUT2D eigenvalue weighted by atomic mass is 9.44. The lowest BCUT2D eigenvalue weighted by molar-refractivity contribution is -0.139. The summed E-state index contributed by atoms with van der Waals surface area (Å²) in [6.07, 6.45) is 17.4. The number of ether oxygens (including phenoxy) is 2. The van der Waals surface area contributed by atoms with Crippen LogP contribution in [0.3, 0.4) is 0 Å². The normalized spacial score (nSPS) is 45.7. The fourth-order valence-electron chi connectivity index (χ4n) is 12.1. The predicted octanol–water partition coefficient (Wildman–Crippen LogP) is 8.90. The summed E-state index contributed by atoms with van der Waals surface area (Å²) in [7, 11) is 0. The molecule has 0 radical (unpaired) electrons. The van der Waals surface area contributed by atoms with Gasteiger partial charge in [-0.25, -0.2) is 4.39 Å². The largest absolute Gasteiger partial charge is 0.374 e. The number of halogens is 1. The van der Waals surface area contributed by atoms with Crippen LogP contribution in [-0.4, -0.2) is 42.8 Å². The number of rotatable bonds is 8. The second-order valence-corrected chi connectivity index (χ2v) is 16.6. The van der Waals surface area contributed by atoms with Crippen LogP contribution < -0.4 is 0 Å². The molecule has 2 saturated heterocycles. The Bertz CT molecular complexity index is 1070. The first-order valence-corrected chi connectivity index (χ1v) is 18.0. The van der Waals surface area contributed by atoms with E-state index in [2.05, 4.69) is 32.6 Å². The molecule has 0 N–H and O–H groups in total. The molecule has 42 heavy (non-hydrogen) atoms. The van der Waals surface area contributed by atoms with Crippen LogP contribution in [0, 0.1) is 58.1 Å². The van der Waals surface area contributed by atoms with Gasteiger partial charge in [0.1, 0.15) is 5.82 Å². The minimum Gasteiger partial charge on any atom is -0.374 e. The maximum Gasteiger partial charge on any atom is 0.123 e. The third-order valence-electron chi connectivity index (χ3n) is 14.3. The van der Waals surface area contributed by atoms with E-state index < -0.39 is 0 Å². The van der Waals surface area contributed by atoms with Gasteiger partial charge in [0, 0.05) is 6.54 Å². The number of benzene rings is 1. The average Bonchev–Trinajstić information content (AvgIpc) is 3.67. The molecule has 4 aliphatic carbocycles. The minimum atomic E-state index is -0.169. The third kappa shape index (κ3) is 5.32. The maximum absolute atomic E-state index is 13.3. The average molecular weight is 580 g/mol. The monoisotopic (exact) mass is 579 g/mol. The summed E-state index contributed by atoms with van der Waals surface area (Å²) in [5, 5.41) is 0. The van der Waals surface area contributed by atoms with Crippen molar-refractivity contribution in [3.8, 4) is 0 Å². The number of likely N-dealkylation sites (tertiary alicyclic amines) is 1. The van der Waals surface area contributed by atoms with Gasteiger partial charge in [-0.3, -0.25) is 0 Å². The molecule has 4 heteroatoms. The molecule has 12 atom stereocenters. The van der Waals surface area contributed by atoms with Gasteiger partial charge in [0.2, 0.25) is 0 Å². The van der Waals surface area contributed by atoms with Gasteiger partial charge in [0.25, 0.3) is 0 Å². The fourth-order valence-corrected chi connectivity index (χ4v) is 12.1. The first-order chi connectivity index (χ1) is 20.2. The Hall–Kier alpha value is -0.970. The summed E-state index contributed by atoms with van der Waals surface area (Å²) in [5.41, 5.74) is 2.03. The van der Waals surface area contributed by atoms with Crippen molar-refractivity contribution in [2.45, 2.75) is 130 Å². The van der Waals surface area contributed by atoms with E-state index in [1.54, 1.807) is 12.1 Å². The number of hydrogen-bond acceptors (Lipinski definition) is 3. The standard InChI is InChI=1S/C38H58FNO2/c1-25(23-40-19-5-6-20-40)7-14-34-26(2)36-35(42-34)22-33-31-13-10-28-21-30(41-24-27-8-11-29(39)12-9-27)15-17-37(28,3)32(31)16-18-38(33,36)4/h8-9,11-12,25-26,28,30-36H,5-7,10,13-24H2,1-4H3/t25-,26+,28+,30-,31+,32-,33-,34+,35-,36-,37-,38-/m0/s1. The molecule has 2 aliphatic heterocycles. The quantitative estimate of drug-likeness (QED) is 0.307. The molecule has 2 heterocycles. The van der Waals surface area contributed by atoms with E-state index in [1.807, 2.05) is 12.1 Å². The predicted molar refractivity (Wildman–Crippen MR) is 167 cm³/mol. The van der Waals surface area contributed by atoms with Crippen molar-refractivity contribution in [3.63, 3.8) is 0 Å². The molecule has 6 fully saturated rings. The Labute approximate surface area is 255 Å². The van der Waals surface area contributed by atoms with E-state index in [4.69, 9.17) is 9.47 Å². The molecule has 0 aromatic heterocycles. The van der Waals surface area contributed by atoms with Crippen LogP contribution in [0.2, 0.25) is 0 Å². The molecule has 3 nitrogen and oxygen atoms in total. The summed E-state index contributed by atoms with van der Waals surface area (Å²) in [5.74, 6) is 5.51. The summed E-state index contributed by atoms with van der Waals surface area (Å²) >= 11 is 0. The van der Waals surface area contributed by atoms with Crippen molar-refractivity contribution >= 4 is 0 Å². The zero-order valence-electron chi connectivity index (χ0n) is 27.0. The first-order valence-electron chi connectivity index (χ1n) is 18.0. The van der Waals surface area contributed by atoms with Crippen LogP contribution >= 0.6 is 0 Å². The van der Waals surface area contributed by atoms with Crippen molar-refractivity contribution in [1.29, 1.82) is 0 Å². The highest BCUT2D eigenvalue weighted by Crippen LogP contribution is 2.70. The van der Waals surface area contributed by atoms with Gasteiger partial charge >= 0.3 is 0 Å². The third-order valence-corrected chi connectivity index (χ3v) is 14.3.